The zero-order valence-corrected chi connectivity index (χ0v) is 19.0. The van der Waals surface area contributed by atoms with E-state index in [9.17, 15) is 20.2 Å². The van der Waals surface area contributed by atoms with Crippen LogP contribution in [0.3, 0.4) is 0 Å². The van der Waals surface area contributed by atoms with Gasteiger partial charge in [0.05, 0.1) is 0 Å². The maximum absolute atomic E-state index is 10.8. The molecule has 0 saturated carbocycles. The zero-order valence-electron chi connectivity index (χ0n) is 19.0. The fourth-order valence-electron chi connectivity index (χ4n) is 4.00. The zero-order chi connectivity index (χ0) is 24.6. The van der Waals surface area contributed by atoms with Gasteiger partial charge in [0.15, 0.2) is 0 Å². The van der Waals surface area contributed by atoms with E-state index < -0.39 is 0 Å². The van der Waals surface area contributed by atoms with Gasteiger partial charge >= 0.3 is 0 Å². The van der Waals surface area contributed by atoms with E-state index in [4.69, 9.17) is 4.74 Å². The van der Waals surface area contributed by atoms with Crippen LogP contribution in [0.25, 0.3) is 22.3 Å². The first-order chi connectivity index (χ1) is 17.0. The third-order valence-electron chi connectivity index (χ3n) is 5.73. The molecule has 0 aliphatic heterocycles. The van der Waals surface area contributed by atoms with E-state index in [0.717, 1.165) is 33.4 Å². The van der Waals surface area contributed by atoms with Crippen LogP contribution >= 0.6 is 0 Å². The molecule has 35 heavy (non-hydrogen) atoms. The van der Waals surface area contributed by atoms with Gasteiger partial charge in [-0.25, -0.2) is 0 Å². The van der Waals surface area contributed by atoms with E-state index in [1.807, 2.05) is 97.1 Å². The molecule has 0 spiro atoms. The lowest BCUT2D eigenvalue weighted by Gasteiger charge is -2.11. The van der Waals surface area contributed by atoms with Crippen LogP contribution in [0, 0.1) is 20.2 Å². The molecule has 4 aromatic carbocycles. The minimum absolute atomic E-state index is 0.103. The molecule has 0 N–H and O–H groups in total. The summed E-state index contributed by atoms with van der Waals surface area (Å²) in [5, 5.41) is 21.6. The second-order valence-electron chi connectivity index (χ2n) is 8.08. The molecular formula is C28H24N2O5. The maximum atomic E-state index is 10.8. The lowest BCUT2D eigenvalue weighted by Crippen LogP contribution is -2.04. The van der Waals surface area contributed by atoms with E-state index in [2.05, 4.69) is 0 Å². The minimum Gasteiger partial charge on any atom is -0.457 e. The van der Waals surface area contributed by atoms with Gasteiger partial charge in [-0.2, -0.15) is 0 Å². The Kier molecular flexibility index (Phi) is 7.47. The SMILES string of the molecule is O=[N+]([O-])CCc1ccccc1-c1ccc(Oc2ccc(-c3ccccc3CC[N+](=O)[O-])cc2)cc1. The summed E-state index contributed by atoms with van der Waals surface area (Å²) in [5.41, 5.74) is 5.76. The average molecular weight is 469 g/mol. The van der Waals surface area contributed by atoms with Crippen molar-refractivity contribution in [3.63, 3.8) is 0 Å². The van der Waals surface area contributed by atoms with Crippen molar-refractivity contribution in [3.8, 4) is 33.8 Å². The number of rotatable bonds is 10. The lowest BCUT2D eigenvalue weighted by atomic mass is 9.97. The van der Waals surface area contributed by atoms with E-state index in [-0.39, 0.29) is 22.9 Å². The standard InChI is InChI=1S/C28H24N2O5/c31-29(32)19-17-21-5-1-3-7-27(21)23-9-13-25(14-10-23)35-26-15-11-24(12-16-26)28-8-4-2-6-22(28)18-20-30(33)34/h1-16H,17-20H2. The monoisotopic (exact) mass is 468 g/mol. The van der Waals surface area contributed by atoms with Crippen LogP contribution in [0.1, 0.15) is 11.1 Å². The Morgan fingerprint density at radius 2 is 0.914 bits per heavy atom. The fourth-order valence-corrected chi connectivity index (χ4v) is 4.00. The molecule has 0 saturated heterocycles. The van der Waals surface area contributed by atoms with Crippen molar-refractivity contribution in [2.45, 2.75) is 12.8 Å². The minimum atomic E-state index is -0.301. The normalized spacial score (nSPS) is 10.6. The molecule has 4 rings (SSSR count). The molecule has 0 fully saturated rings. The number of nitrogens with zero attached hydrogens (tertiary/aromatic N) is 2. The van der Waals surface area contributed by atoms with Crippen LogP contribution in [0.5, 0.6) is 11.5 Å². The summed E-state index contributed by atoms with van der Waals surface area (Å²) in [6.07, 6.45) is 0.756. The number of hydrogen-bond acceptors (Lipinski definition) is 5. The molecule has 0 unspecified atom stereocenters. The topological polar surface area (TPSA) is 95.5 Å². The number of nitro groups is 2. The summed E-state index contributed by atoms with van der Waals surface area (Å²) in [6.45, 7) is -0.206. The van der Waals surface area contributed by atoms with Crippen molar-refractivity contribution in [1.82, 2.24) is 0 Å². The summed E-state index contributed by atoms with van der Waals surface area (Å²) in [7, 11) is 0. The van der Waals surface area contributed by atoms with Gasteiger partial charge in [0.25, 0.3) is 0 Å². The molecule has 0 aromatic heterocycles. The Bertz CT molecular complexity index is 1220. The van der Waals surface area contributed by atoms with Gasteiger partial charge < -0.3 is 4.74 Å². The lowest BCUT2D eigenvalue weighted by molar-refractivity contribution is -0.479. The van der Waals surface area contributed by atoms with E-state index in [0.29, 0.717) is 24.3 Å². The second kappa shape index (κ2) is 11.1. The fraction of sp³-hybridized carbons (Fsp3) is 0.143. The molecule has 0 amide bonds. The van der Waals surface area contributed by atoms with Crippen molar-refractivity contribution >= 4 is 0 Å². The van der Waals surface area contributed by atoms with Gasteiger partial charge in [0, 0.05) is 22.7 Å². The highest BCUT2D eigenvalue weighted by atomic mass is 16.6. The highest BCUT2D eigenvalue weighted by molar-refractivity contribution is 5.69. The van der Waals surface area contributed by atoms with E-state index in [1.54, 1.807) is 0 Å². The molecule has 176 valence electrons. The molecule has 0 bridgehead atoms. The molecule has 0 aliphatic rings. The van der Waals surface area contributed by atoms with Gasteiger partial charge in [-0.1, -0.05) is 72.8 Å². The molecule has 0 atom stereocenters. The summed E-state index contributed by atoms with van der Waals surface area (Å²) in [4.78, 5) is 20.9. The largest absolute Gasteiger partial charge is 0.457 e. The van der Waals surface area contributed by atoms with Crippen LogP contribution < -0.4 is 4.74 Å². The van der Waals surface area contributed by atoms with Gasteiger partial charge in [0.2, 0.25) is 13.1 Å². The molecule has 0 heterocycles. The van der Waals surface area contributed by atoms with E-state index >= 15 is 0 Å². The highest BCUT2D eigenvalue weighted by Crippen LogP contribution is 2.30. The molecule has 0 radical (unpaired) electrons. The van der Waals surface area contributed by atoms with Crippen LogP contribution in [-0.2, 0) is 12.8 Å². The van der Waals surface area contributed by atoms with Crippen molar-refractivity contribution in [2.24, 2.45) is 0 Å². The van der Waals surface area contributed by atoms with E-state index in [1.165, 1.54) is 0 Å². The van der Waals surface area contributed by atoms with Gasteiger partial charge in [-0.05, 0) is 57.6 Å². The Balaban J connectivity index is 1.46. The second-order valence-corrected chi connectivity index (χ2v) is 8.08. The van der Waals surface area contributed by atoms with Crippen LogP contribution in [0.2, 0.25) is 0 Å². The summed E-state index contributed by atoms with van der Waals surface area (Å²) >= 11 is 0. The van der Waals surface area contributed by atoms with Crippen molar-refractivity contribution in [3.05, 3.63) is 128 Å². The number of benzene rings is 4. The van der Waals surface area contributed by atoms with Gasteiger partial charge in [-0.15, -0.1) is 0 Å². The first-order valence-electron chi connectivity index (χ1n) is 11.3. The molecule has 4 aromatic rings. The summed E-state index contributed by atoms with van der Waals surface area (Å²) < 4.78 is 6.00. The predicted octanol–water partition coefficient (Wildman–Crippen LogP) is 6.45. The maximum Gasteiger partial charge on any atom is 0.207 e. The van der Waals surface area contributed by atoms with Crippen LogP contribution in [-0.4, -0.2) is 22.9 Å². The van der Waals surface area contributed by atoms with Crippen LogP contribution in [0.4, 0.5) is 0 Å². The predicted molar refractivity (Wildman–Crippen MR) is 135 cm³/mol. The Morgan fingerprint density at radius 1 is 0.543 bits per heavy atom. The Hall–Kier alpha value is -4.52. The third-order valence-corrected chi connectivity index (χ3v) is 5.73. The van der Waals surface area contributed by atoms with Crippen molar-refractivity contribution in [2.75, 3.05) is 13.1 Å². The Labute approximate surface area is 202 Å². The highest BCUT2D eigenvalue weighted by Gasteiger charge is 2.10. The van der Waals surface area contributed by atoms with Crippen molar-refractivity contribution in [1.29, 1.82) is 0 Å². The van der Waals surface area contributed by atoms with Gasteiger partial charge in [-0.3, -0.25) is 20.2 Å². The third kappa shape index (κ3) is 6.29. The smallest absolute Gasteiger partial charge is 0.207 e. The van der Waals surface area contributed by atoms with Crippen LogP contribution in [0.15, 0.2) is 97.1 Å². The van der Waals surface area contributed by atoms with Crippen molar-refractivity contribution < 1.29 is 14.6 Å². The molecule has 7 heteroatoms. The Morgan fingerprint density at radius 3 is 1.29 bits per heavy atom. The first-order valence-corrected chi connectivity index (χ1v) is 11.3. The molecule has 7 nitrogen and oxygen atoms in total. The number of ether oxygens (including phenoxy) is 1. The summed E-state index contributed by atoms with van der Waals surface area (Å²) in [5.74, 6) is 1.35. The molecule has 0 aliphatic carbocycles. The number of hydrogen-bond donors (Lipinski definition) is 0. The average Bonchev–Trinajstić information content (AvgIpc) is 2.87. The molecular weight excluding hydrogens is 444 g/mol. The summed E-state index contributed by atoms with van der Waals surface area (Å²) in [6, 6.07) is 30.7. The quantitative estimate of drug-likeness (QED) is 0.197. The van der Waals surface area contributed by atoms with Gasteiger partial charge in [0.1, 0.15) is 11.5 Å². The first kappa shape index (κ1) is 23.6.